The molecule has 0 aliphatic carbocycles. The minimum Gasteiger partial charge on any atom is -0.391 e. The Labute approximate surface area is 82.6 Å². The van der Waals surface area contributed by atoms with Crippen LogP contribution in [0, 0.1) is 0 Å². The van der Waals surface area contributed by atoms with Crippen molar-refractivity contribution in [2.75, 3.05) is 0 Å². The summed E-state index contributed by atoms with van der Waals surface area (Å²) >= 11 is 0. The third kappa shape index (κ3) is 1.55. The molecule has 0 spiro atoms. The molecule has 2 fully saturated rings. The molecule has 82 valence electrons. The summed E-state index contributed by atoms with van der Waals surface area (Å²) in [7, 11) is 0. The van der Waals surface area contributed by atoms with Gasteiger partial charge in [-0.1, -0.05) is 0 Å². The average Bonchev–Trinajstić information content (AvgIpc) is 2.46. The van der Waals surface area contributed by atoms with E-state index in [1.165, 1.54) is 0 Å². The molecule has 2 rings (SSSR count). The lowest BCUT2D eigenvalue weighted by Gasteiger charge is -2.24. The molecule has 0 amide bonds. The van der Waals surface area contributed by atoms with Gasteiger partial charge in [-0.3, -0.25) is 0 Å². The molecule has 5 heteroatoms. The fraction of sp³-hybridized carbons (Fsp3) is 1.00. The Bertz CT molecular complexity index is 225. The molecule has 5 nitrogen and oxygen atoms in total. The average molecular weight is 204 g/mol. The van der Waals surface area contributed by atoms with Crippen LogP contribution in [0.25, 0.3) is 0 Å². The number of aliphatic hydroxyl groups excluding tert-OH is 2. The first-order valence-corrected chi connectivity index (χ1v) is 4.78. The summed E-state index contributed by atoms with van der Waals surface area (Å²) in [5.41, 5.74) is 0. The summed E-state index contributed by atoms with van der Waals surface area (Å²) in [5.74, 6) is -0.722. The van der Waals surface area contributed by atoms with E-state index in [9.17, 15) is 10.2 Å². The summed E-state index contributed by atoms with van der Waals surface area (Å²) in [6, 6.07) is 0. The third-order valence-electron chi connectivity index (χ3n) is 2.53. The van der Waals surface area contributed by atoms with Crippen molar-refractivity contribution in [3.05, 3.63) is 0 Å². The number of aliphatic hydroxyl groups is 2. The van der Waals surface area contributed by atoms with Gasteiger partial charge in [0, 0.05) is 0 Å². The van der Waals surface area contributed by atoms with Crippen LogP contribution in [-0.2, 0) is 14.2 Å². The maximum Gasteiger partial charge on any atom is 0.190 e. The highest BCUT2D eigenvalue weighted by Gasteiger charge is 2.55. The zero-order chi connectivity index (χ0) is 10.5. The molecular weight excluding hydrogens is 188 g/mol. The van der Waals surface area contributed by atoms with Crippen LogP contribution in [0.4, 0.5) is 0 Å². The summed E-state index contributed by atoms with van der Waals surface area (Å²) in [6.45, 7) is 5.09. The zero-order valence-electron chi connectivity index (χ0n) is 8.51. The number of ether oxygens (including phenoxy) is 3. The first kappa shape index (κ1) is 10.3. The van der Waals surface area contributed by atoms with E-state index in [-0.39, 0.29) is 0 Å². The number of fused-ring (bicyclic) bond motifs is 1. The quantitative estimate of drug-likeness (QED) is 0.608. The van der Waals surface area contributed by atoms with Crippen molar-refractivity contribution < 1.29 is 24.4 Å². The Morgan fingerprint density at radius 3 is 2.43 bits per heavy atom. The topological polar surface area (TPSA) is 68.2 Å². The van der Waals surface area contributed by atoms with Gasteiger partial charge in [0.2, 0.25) is 0 Å². The lowest BCUT2D eigenvalue weighted by atomic mass is 10.1. The Morgan fingerprint density at radius 1 is 1.29 bits per heavy atom. The first-order valence-electron chi connectivity index (χ1n) is 4.78. The predicted octanol–water partition coefficient (Wildman–Crippen LogP) is -0.396. The lowest BCUT2D eigenvalue weighted by molar-refractivity contribution is -0.224. The van der Waals surface area contributed by atoms with Gasteiger partial charge in [0.1, 0.15) is 18.3 Å². The summed E-state index contributed by atoms with van der Waals surface area (Å²) in [4.78, 5) is 0. The standard InChI is InChI=1S/C9H16O5/c1-4(10)6-5(11)7-8(12-6)14-9(2,3)13-7/h4-8,10-11H,1-3H3/t4-,5-,6-,7+,8-/m0/s1. The minimum atomic E-state index is -0.832. The van der Waals surface area contributed by atoms with Crippen LogP contribution in [0.15, 0.2) is 0 Å². The predicted molar refractivity (Wildman–Crippen MR) is 46.4 cm³/mol. The fourth-order valence-corrected chi connectivity index (χ4v) is 1.92. The number of rotatable bonds is 1. The van der Waals surface area contributed by atoms with E-state index in [1.807, 2.05) is 0 Å². The molecule has 0 aromatic heterocycles. The molecule has 2 saturated heterocycles. The Hall–Kier alpha value is -0.200. The summed E-state index contributed by atoms with van der Waals surface area (Å²) in [5, 5.41) is 19.1. The van der Waals surface area contributed by atoms with Crippen LogP contribution in [0.2, 0.25) is 0 Å². The van der Waals surface area contributed by atoms with E-state index in [4.69, 9.17) is 14.2 Å². The van der Waals surface area contributed by atoms with Gasteiger partial charge in [-0.25, -0.2) is 0 Å². The monoisotopic (exact) mass is 204 g/mol. The van der Waals surface area contributed by atoms with E-state index in [2.05, 4.69) is 0 Å². The maximum absolute atomic E-state index is 9.77. The molecule has 2 N–H and O–H groups in total. The van der Waals surface area contributed by atoms with Crippen molar-refractivity contribution in [2.45, 2.75) is 57.3 Å². The SMILES string of the molecule is C[C@H](O)[C@@H]1O[C@H]2OC(C)(C)O[C@@H]2[C@H]1O. The van der Waals surface area contributed by atoms with Crippen molar-refractivity contribution in [3.63, 3.8) is 0 Å². The molecule has 0 radical (unpaired) electrons. The molecular formula is C9H16O5. The maximum atomic E-state index is 9.77. The number of hydrogen-bond donors (Lipinski definition) is 2. The van der Waals surface area contributed by atoms with Crippen LogP contribution in [-0.4, -0.2) is 46.7 Å². The van der Waals surface area contributed by atoms with Crippen molar-refractivity contribution in [2.24, 2.45) is 0 Å². The summed E-state index contributed by atoms with van der Waals surface area (Å²) < 4.78 is 16.2. The van der Waals surface area contributed by atoms with Gasteiger partial charge in [0.25, 0.3) is 0 Å². The van der Waals surface area contributed by atoms with E-state index >= 15 is 0 Å². The van der Waals surface area contributed by atoms with Gasteiger partial charge in [-0.05, 0) is 20.8 Å². The summed E-state index contributed by atoms with van der Waals surface area (Å²) in [6.07, 6.45) is -3.25. The van der Waals surface area contributed by atoms with Gasteiger partial charge < -0.3 is 24.4 Å². The van der Waals surface area contributed by atoms with Gasteiger partial charge in [0.05, 0.1) is 6.10 Å². The van der Waals surface area contributed by atoms with Crippen molar-refractivity contribution >= 4 is 0 Å². The van der Waals surface area contributed by atoms with Crippen LogP contribution < -0.4 is 0 Å². The number of hydrogen-bond acceptors (Lipinski definition) is 5. The van der Waals surface area contributed by atoms with Crippen LogP contribution in [0.1, 0.15) is 20.8 Å². The molecule has 0 unspecified atom stereocenters. The van der Waals surface area contributed by atoms with Gasteiger partial charge >= 0.3 is 0 Å². The van der Waals surface area contributed by atoms with Crippen LogP contribution in [0.3, 0.4) is 0 Å². The third-order valence-corrected chi connectivity index (χ3v) is 2.53. The highest BCUT2D eigenvalue weighted by atomic mass is 16.8. The van der Waals surface area contributed by atoms with Crippen molar-refractivity contribution in [1.82, 2.24) is 0 Å². The Kier molecular flexibility index (Phi) is 2.32. The van der Waals surface area contributed by atoms with Gasteiger partial charge in [0.15, 0.2) is 12.1 Å². The normalized spacial score (nSPS) is 47.8. The van der Waals surface area contributed by atoms with Crippen molar-refractivity contribution in [3.8, 4) is 0 Å². The fourth-order valence-electron chi connectivity index (χ4n) is 1.92. The smallest absolute Gasteiger partial charge is 0.190 e. The molecule has 2 heterocycles. The molecule has 0 saturated carbocycles. The highest BCUT2D eigenvalue weighted by molar-refractivity contribution is 4.94. The van der Waals surface area contributed by atoms with E-state index in [1.54, 1.807) is 20.8 Å². The van der Waals surface area contributed by atoms with E-state index in [0.29, 0.717) is 0 Å². The molecule has 2 aliphatic heterocycles. The molecule has 5 atom stereocenters. The minimum absolute atomic E-state index is 0.496. The highest BCUT2D eigenvalue weighted by Crippen LogP contribution is 2.37. The molecule has 0 aromatic rings. The molecule has 2 aliphatic rings. The van der Waals surface area contributed by atoms with E-state index in [0.717, 1.165) is 0 Å². The van der Waals surface area contributed by atoms with Crippen LogP contribution in [0.5, 0.6) is 0 Å². The van der Waals surface area contributed by atoms with Crippen LogP contribution >= 0.6 is 0 Å². The lowest BCUT2D eigenvalue weighted by Crippen LogP contribution is -2.39. The second-order valence-corrected chi connectivity index (χ2v) is 4.30. The van der Waals surface area contributed by atoms with Gasteiger partial charge in [-0.15, -0.1) is 0 Å². The van der Waals surface area contributed by atoms with Gasteiger partial charge in [-0.2, -0.15) is 0 Å². The Morgan fingerprint density at radius 2 is 1.93 bits per heavy atom. The molecule has 0 bridgehead atoms. The van der Waals surface area contributed by atoms with E-state index < -0.39 is 36.5 Å². The zero-order valence-corrected chi connectivity index (χ0v) is 8.51. The molecule has 0 aromatic carbocycles. The largest absolute Gasteiger partial charge is 0.391 e. The first-order chi connectivity index (χ1) is 6.41. The molecule has 14 heavy (non-hydrogen) atoms. The second kappa shape index (κ2) is 3.15. The Balaban J connectivity index is 2.08. The van der Waals surface area contributed by atoms with Crippen molar-refractivity contribution in [1.29, 1.82) is 0 Å². The second-order valence-electron chi connectivity index (χ2n) is 4.30.